The average molecular weight is 366 g/mol. The molecule has 27 heavy (non-hydrogen) atoms. The minimum atomic E-state index is 1.18. The standard InChI is InChI=1S/C25H19NS/c1-3-8-17(2)15-16-26-20-11-6-4-9-18(20)24-21(26)13-14-23-25(24)19-10-5-7-12-22(19)27-23/h3-16H,1H2,2H3/b16-15-,17-8-. The van der Waals surface area contributed by atoms with Crippen molar-refractivity contribution in [2.75, 3.05) is 0 Å². The molecule has 5 aromatic rings. The topological polar surface area (TPSA) is 4.93 Å². The van der Waals surface area contributed by atoms with Crippen molar-refractivity contribution in [2.24, 2.45) is 0 Å². The predicted molar refractivity (Wildman–Crippen MR) is 122 cm³/mol. The van der Waals surface area contributed by atoms with Gasteiger partial charge in [0.1, 0.15) is 0 Å². The fourth-order valence-electron chi connectivity index (χ4n) is 3.90. The number of benzene rings is 3. The maximum absolute atomic E-state index is 3.79. The molecule has 0 aliphatic carbocycles. The van der Waals surface area contributed by atoms with Gasteiger partial charge < -0.3 is 4.57 Å². The molecule has 2 heteroatoms. The van der Waals surface area contributed by atoms with Crippen LogP contribution in [0, 0.1) is 0 Å². The van der Waals surface area contributed by atoms with E-state index in [1.54, 1.807) is 0 Å². The molecule has 0 spiro atoms. The van der Waals surface area contributed by atoms with E-state index in [-0.39, 0.29) is 0 Å². The van der Waals surface area contributed by atoms with E-state index in [0.29, 0.717) is 0 Å². The highest BCUT2D eigenvalue weighted by atomic mass is 32.1. The second-order valence-electron chi connectivity index (χ2n) is 6.78. The predicted octanol–water partition coefficient (Wildman–Crippen LogP) is 7.77. The molecule has 0 fully saturated rings. The van der Waals surface area contributed by atoms with E-state index < -0.39 is 0 Å². The fraction of sp³-hybridized carbons (Fsp3) is 0.0400. The van der Waals surface area contributed by atoms with Gasteiger partial charge in [0, 0.05) is 37.1 Å². The molecule has 0 aliphatic rings. The van der Waals surface area contributed by atoms with Gasteiger partial charge >= 0.3 is 0 Å². The van der Waals surface area contributed by atoms with Crippen LogP contribution in [0.4, 0.5) is 0 Å². The minimum Gasteiger partial charge on any atom is -0.316 e. The van der Waals surface area contributed by atoms with Crippen LogP contribution >= 0.6 is 11.3 Å². The van der Waals surface area contributed by atoms with Gasteiger partial charge in [0.15, 0.2) is 0 Å². The lowest BCUT2D eigenvalue weighted by molar-refractivity contribution is 1.28. The largest absolute Gasteiger partial charge is 0.316 e. The lowest BCUT2D eigenvalue weighted by atomic mass is 10.1. The zero-order chi connectivity index (χ0) is 18.4. The van der Waals surface area contributed by atoms with Crippen LogP contribution in [0.5, 0.6) is 0 Å². The first kappa shape index (κ1) is 16.1. The third kappa shape index (κ3) is 2.45. The zero-order valence-electron chi connectivity index (χ0n) is 15.1. The Morgan fingerprint density at radius 1 is 0.852 bits per heavy atom. The van der Waals surface area contributed by atoms with E-state index in [4.69, 9.17) is 0 Å². The number of para-hydroxylation sites is 1. The number of thiophene rings is 1. The van der Waals surface area contributed by atoms with Crippen LogP contribution < -0.4 is 0 Å². The van der Waals surface area contributed by atoms with Crippen molar-refractivity contribution in [2.45, 2.75) is 6.92 Å². The first-order valence-electron chi connectivity index (χ1n) is 9.08. The number of hydrogen-bond acceptors (Lipinski definition) is 1. The molecule has 0 bridgehead atoms. The zero-order valence-corrected chi connectivity index (χ0v) is 16.0. The summed E-state index contributed by atoms with van der Waals surface area (Å²) >= 11 is 1.87. The highest BCUT2D eigenvalue weighted by molar-refractivity contribution is 7.26. The monoisotopic (exact) mass is 365 g/mol. The Morgan fingerprint density at radius 2 is 1.63 bits per heavy atom. The first-order chi connectivity index (χ1) is 13.3. The quantitative estimate of drug-likeness (QED) is 0.288. The van der Waals surface area contributed by atoms with Crippen molar-refractivity contribution in [3.05, 3.63) is 91.0 Å². The third-order valence-corrected chi connectivity index (χ3v) is 6.22. The van der Waals surface area contributed by atoms with E-state index in [1.165, 1.54) is 47.6 Å². The molecule has 0 saturated carbocycles. The molecule has 5 rings (SSSR count). The van der Waals surface area contributed by atoms with E-state index in [0.717, 1.165) is 0 Å². The SMILES string of the molecule is C=C/C=C(C)\C=C/n1c2ccccc2c2c3c(ccc21)sc1ccccc13. The molecule has 3 aromatic carbocycles. The normalized spacial score (nSPS) is 12.9. The number of hydrogen-bond donors (Lipinski definition) is 0. The summed E-state index contributed by atoms with van der Waals surface area (Å²) in [5.41, 5.74) is 3.66. The van der Waals surface area contributed by atoms with Crippen molar-refractivity contribution < 1.29 is 0 Å². The molecular weight excluding hydrogens is 346 g/mol. The second kappa shape index (κ2) is 6.26. The lowest BCUT2D eigenvalue weighted by Crippen LogP contribution is -1.85. The summed E-state index contributed by atoms with van der Waals surface area (Å²) in [4.78, 5) is 0. The van der Waals surface area contributed by atoms with E-state index >= 15 is 0 Å². The highest BCUT2D eigenvalue weighted by Crippen LogP contribution is 2.42. The summed E-state index contributed by atoms with van der Waals surface area (Å²) in [5, 5.41) is 5.36. The van der Waals surface area contributed by atoms with Crippen molar-refractivity contribution in [3.8, 4) is 0 Å². The summed E-state index contributed by atoms with van der Waals surface area (Å²) in [6, 6.07) is 21.9. The van der Waals surface area contributed by atoms with Gasteiger partial charge in [-0.3, -0.25) is 0 Å². The summed E-state index contributed by atoms with van der Waals surface area (Å²) in [6.45, 7) is 5.88. The molecule has 0 N–H and O–H groups in total. The van der Waals surface area contributed by atoms with E-state index in [1.807, 2.05) is 23.5 Å². The number of fused-ring (bicyclic) bond motifs is 7. The van der Waals surface area contributed by atoms with Gasteiger partial charge in [-0.05, 0) is 42.8 Å². The van der Waals surface area contributed by atoms with Crippen molar-refractivity contribution >= 4 is 59.5 Å². The van der Waals surface area contributed by atoms with Gasteiger partial charge in [0.25, 0.3) is 0 Å². The number of nitrogens with zero attached hydrogens (tertiary/aromatic N) is 1. The Morgan fingerprint density at radius 3 is 2.48 bits per heavy atom. The first-order valence-corrected chi connectivity index (χ1v) is 9.90. The van der Waals surface area contributed by atoms with Crippen LogP contribution in [0.25, 0.3) is 48.2 Å². The maximum Gasteiger partial charge on any atom is 0.0542 e. The van der Waals surface area contributed by atoms with Gasteiger partial charge in [-0.1, -0.05) is 55.1 Å². The van der Waals surface area contributed by atoms with Crippen LogP contribution in [0.2, 0.25) is 0 Å². The molecular formula is C25H19NS. The van der Waals surface area contributed by atoms with E-state index in [9.17, 15) is 0 Å². The Kier molecular flexibility index (Phi) is 3.73. The van der Waals surface area contributed by atoms with Gasteiger partial charge in [-0.15, -0.1) is 11.3 Å². The Labute approximate surface area is 162 Å². The molecule has 2 aromatic heterocycles. The highest BCUT2D eigenvalue weighted by Gasteiger charge is 2.15. The minimum absolute atomic E-state index is 1.18. The molecule has 0 radical (unpaired) electrons. The fourth-order valence-corrected chi connectivity index (χ4v) is 5.01. The lowest BCUT2D eigenvalue weighted by Gasteiger charge is -2.01. The van der Waals surface area contributed by atoms with Gasteiger partial charge in [-0.25, -0.2) is 0 Å². The number of rotatable bonds is 3. The summed E-state index contributed by atoms with van der Waals surface area (Å²) < 4.78 is 4.99. The Balaban J connectivity index is 1.94. The summed E-state index contributed by atoms with van der Waals surface area (Å²) in [5.74, 6) is 0. The average Bonchev–Trinajstić information content (AvgIpc) is 3.22. The van der Waals surface area contributed by atoms with Crippen molar-refractivity contribution in [1.29, 1.82) is 0 Å². The molecule has 1 nitrogen and oxygen atoms in total. The second-order valence-corrected chi connectivity index (χ2v) is 7.86. The van der Waals surface area contributed by atoms with Crippen LogP contribution in [0.1, 0.15) is 6.92 Å². The van der Waals surface area contributed by atoms with Gasteiger partial charge in [0.05, 0.1) is 11.0 Å². The number of allylic oxidation sites excluding steroid dienone is 4. The van der Waals surface area contributed by atoms with Crippen LogP contribution in [-0.2, 0) is 0 Å². The van der Waals surface area contributed by atoms with Crippen LogP contribution in [0.3, 0.4) is 0 Å². The Bertz CT molecular complexity index is 1390. The molecule has 0 saturated heterocycles. The molecule has 0 aliphatic heterocycles. The van der Waals surface area contributed by atoms with E-state index in [2.05, 4.69) is 91.0 Å². The summed E-state index contributed by atoms with van der Waals surface area (Å²) in [6.07, 6.45) is 8.16. The van der Waals surface area contributed by atoms with Crippen molar-refractivity contribution in [1.82, 2.24) is 4.57 Å². The molecule has 0 unspecified atom stereocenters. The molecule has 2 heterocycles. The van der Waals surface area contributed by atoms with Crippen LogP contribution in [-0.4, -0.2) is 4.57 Å². The molecule has 0 atom stereocenters. The third-order valence-electron chi connectivity index (χ3n) is 5.08. The summed E-state index contributed by atoms with van der Waals surface area (Å²) in [7, 11) is 0. The molecule has 0 amide bonds. The van der Waals surface area contributed by atoms with Gasteiger partial charge in [0.2, 0.25) is 0 Å². The Hall–Kier alpha value is -3.10. The number of aromatic nitrogens is 1. The molecule has 130 valence electrons. The van der Waals surface area contributed by atoms with Crippen LogP contribution in [0.15, 0.2) is 91.0 Å². The smallest absolute Gasteiger partial charge is 0.0542 e. The van der Waals surface area contributed by atoms with Gasteiger partial charge in [-0.2, -0.15) is 0 Å². The maximum atomic E-state index is 3.79. The van der Waals surface area contributed by atoms with Crippen molar-refractivity contribution in [3.63, 3.8) is 0 Å².